The summed E-state index contributed by atoms with van der Waals surface area (Å²) in [6.07, 6.45) is 1.32. The van der Waals surface area contributed by atoms with Crippen LogP contribution < -0.4 is 10.6 Å². The van der Waals surface area contributed by atoms with Gasteiger partial charge in [0.25, 0.3) is 0 Å². The average molecular weight is 259 g/mol. The highest BCUT2D eigenvalue weighted by atomic mass is 19.1. The first kappa shape index (κ1) is 12.9. The van der Waals surface area contributed by atoms with Crippen LogP contribution in [0.15, 0.2) is 30.6 Å². The molecule has 3 N–H and O–H groups in total. The van der Waals surface area contributed by atoms with Crippen LogP contribution in [0, 0.1) is 18.2 Å². The lowest BCUT2D eigenvalue weighted by Crippen LogP contribution is -2.16. The highest BCUT2D eigenvalue weighted by Crippen LogP contribution is 2.25. The molecule has 5 nitrogen and oxygen atoms in total. The highest BCUT2D eigenvalue weighted by molar-refractivity contribution is 5.96. The van der Waals surface area contributed by atoms with E-state index in [1.165, 1.54) is 6.33 Å². The maximum Gasteiger partial charge on any atom is 0.187 e. The number of nitrogens with one attached hydrogen (secondary N) is 1. The van der Waals surface area contributed by atoms with Crippen molar-refractivity contribution in [2.24, 2.45) is 5.73 Å². The van der Waals surface area contributed by atoms with E-state index < -0.39 is 5.82 Å². The Kier molecular flexibility index (Phi) is 3.41. The molecule has 0 bridgehead atoms. The van der Waals surface area contributed by atoms with Crippen molar-refractivity contribution in [1.82, 2.24) is 9.97 Å². The predicted molar refractivity (Wildman–Crippen MR) is 72.2 cm³/mol. The van der Waals surface area contributed by atoms with Crippen molar-refractivity contribution in [1.29, 1.82) is 5.41 Å². The van der Waals surface area contributed by atoms with Crippen molar-refractivity contribution in [2.75, 3.05) is 11.9 Å². The monoisotopic (exact) mass is 259 g/mol. The number of aromatic nitrogens is 2. The van der Waals surface area contributed by atoms with Gasteiger partial charge in [-0.05, 0) is 19.1 Å². The number of aryl methyl sites for hydroxylation is 1. The third-order valence-electron chi connectivity index (χ3n) is 2.81. The van der Waals surface area contributed by atoms with E-state index in [2.05, 4.69) is 9.97 Å². The van der Waals surface area contributed by atoms with Gasteiger partial charge in [0.2, 0.25) is 0 Å². The third-order valence-corrected chi connectivity index (χ3v) is 2.81. The Morgan fingerprint density at radius 1 is 1.37 bits per heavy atom. The zero-order valence-electron chi connectivity index (χ0n) is 10.7. The number of hydrogen-bond donors (Lipinski definition) is 2. The third kappa shape index (κ3) is 2.52. The van der Waals surface area contributed by atoms with E-state index in [1.54, 1.807) is 43.1 Å². The van der Waals surface area contributed by atoms with Gasteiger partial charge in [0, 0.05) is 18.3 Å². The molecule has 2 aromatic rings. The van der Waals surface area contributed by atoms with E-state index in [-0.39, 0.29) is 11.7 Å². The van der Waals surface area contributed by atoms with Crippen molar-refractivity contribution < 1.29 is 4.39 Å². The van der Waals surface area contributed by atoms with Crippen molar-refractivity contribution in [3.8, 4) is 0 Å². The molecule has 0 saturated heterocycles. The molecule has 1 heterocycles. The summed E-state index contributed by atoms with van der Waals surface area (Å²) in [5.41, 5.74) is 7.01. The fourth-order valence-corrected chi connectivity index (χ4v) is 1.68. The topological polar surface area (TPSA) is 78.9 Å². The minimum absolute atomic E-state index is 0.0328. The molecule has 0 amide bonds. The first-order valence-electron chi connectivity index (χ1n) is 5.66. The van der Waals surface area contributed by atoms with Gasteiger partial charge in [-0.2, -0.15) is 0 Å². The molecular formula is C13H14FN5. The summed E-state index contributed by atoms with van der Waals surface area (Å²) in [6, 6.07) is 6.98. The molecule has 0 radical (unpaired) electrons. The number of rotatable bonds is 3. The van der Waals surface area contributed by atoms with E-state index in [9.17, 15) is 4.39 Å². The van der Waals surface area contributed by atoms with Crippen LogP contribution in [-0.4, -0.2) is 22.9 Å². The molecule has 1 aromatic heterocycles. The summed E-state index contributed by atoms with van der Waals surface area (Å²) >= 11 is 0. The number of benzene rings is 1. The van der Waals surface area contributed by atoms with Gasteiger partial charge in [-0.15, -0.1) is 0 Å². The lowest BCUT2D eigenvalue weighted by Gasteiger charge is -2.19. The molecule has 0 unspecified atom stereocenters. The van der Waals surface area contributed by atoms with Crippen molar-refractivity contribution in [3.05, 3.63) is 47.7 Å². The molecule has 1 aromatic carbocycles. The van der Waals surface area contributed by atoms with E-state index in [0.29, 0.717) is 16.9 Å². The van der Waals surface area contributed by atoms with Crippen molar-refractivity contribution in [3.63, 3.8) is 0 Å². The van der Waals surface area contributed by atoms with Crippen LogP contribution in [-0.2, 0) is 0 Å². The highest BCUT2D eigenvalue weighted by Gasteiger charge is 2.14. The van der Waals surface area contributed by atoms with Crippen LogP contribution >= 0.6 is 0 Å². The Morgan fingerprint density at radius 2 is 2.11 bits per heavy atom. The van der Waals surface area contributed by atoms with E-state index in [0.717, 1.165) is 0 Å². The van der Waals surface area contributed by atoms with Gasteiger partial charge in [-0.1, -0.05) is 12.1 Å². The fourth-order valence-electron chi connectivity index (χ4n) is 1.68. The number of nitrogen functional groups attached to an aromatic ring is 1. The fraction of sp³-hybridized carbons (Fsp3) is 0.154. The average Bonchev–Trinajstić information content (AvgIpc) is 2.41. The SMILES string of the molecule is Cc1ncnc(N(C)c2cccc(C(=N)N)c2)c1F. The molecule has 98 valence electrons. The van der Waals surface area contributed by atoms with Crippen LogP contribution in [0.1, 0.15) is 11.3 Å². The molecule has 0 saturated carbocycles. The van der Waals surface area contributed by atoms with E-state index in [1.807, 2.05) is 0 Å². The maximum absolute atomic E-state index is 14.0. The Morgan fingerprint density at radius 3 is 2.79 bits per heavy atom. The number of amidine groups is 1. The zero-order chi connectivity index (χ0) is 14.0. The van der Waals surface area contributed by atoms with Gasteiger partial charge in [-0.25, -0.2) is 14.4 Å². The number of halogens is 1. The predicted octanol–water partition coefficient (Wildman–Crippen LogP) is 1.98. The van der Waals surface area contributed by atoms with Crippen LogP contribution in [0.4, 0.5) is 15.9 Å². The summed E-state index contributed by atoms with van der Waals surface area (Å²) in [6.45, 7) is 1.58. The van der Waals surface area contributed by atoms with Crippen LogP contribution in [0.5, 0.6) is 0 Å². The molecule has 2 rings (SSSR count). The molecule has 19 heavy (non-hydrogen) atoms. The summed E-state index contributed by atoms with van der Waals surface area (Å²) in [4.78, 5) is 9.33. The van der Waals surface area contributed by atoms with Crippen LogP contribution in [0.3, 0.4) is 0 Å². The summed E-state index contributed by atoms with van der Waals surface area (Å²) in [7, 11) is 1.70. The van der Waals surface area contributed by atoms with E-state index >= 15 is 0 Å². The summed E-state index contributed by atoms with van der Waals surface area (Å²) in [5.74, 6) is -0.305. The Balaban J connectivity index is 2.44. The minimum Gasteiger partial charge on any atom is -0.384 e. The normalized spacial score (nSPS) is 10.3. The molecule has 0 aliphatic rings. The first-order chi connectivity index (χ1) is 9.00. The largest absolute Gasteiger partial charge is 0.384 e. The second-order valence-electron chi connectivity index (χ2n) is 4.12. The van der Waals surface area contributed by atoms with Crippen molar-refractivity contribution >= 4 is 17.3 Å². The quantitative estimate of drug-likeness (QED) is 0.652. The minimum atomic E-state index is -0.460. The van der Waals surface area contributed by atoms with Crippen LogP contribution in [0.2, 0.25) is 0 Å². The molecule has 6 heteroatoms. The number of nitrogens with zero attached hydrogens (tertiary/aromatic N) is 3. The maximum atomic E-state index is 14.0. The molecule has 0 fully saturated rings. The van der Waals surface area contributed by atoms with Gasteiger partial charge in [-0.3, -0.25) is 5.41 Å². The Labute approximate surface area is 110 Å². The lowest BCUT2D eigenvalue weighted by atomic mass is 10.1. The number of nitrogens with two attached hydrogens (primary N) is 1. The molecule has 0 spiro atoms. The number of hydrogen-bond acceptors (Lipinski definition) is 4. The second-order valence-corrected chi connectivity index (χ2v) is 4.12. The second kappa shape index (κ2) is 5.01. The van der Waals surface area contributed by atoms with Gasteiger partial charge in [0.05, 0.1) is 5.69 Å². The number of anilines is 2. The Hall–Kier alpha value is -2.50. The van der Waals surface area contributed by atoms with Gasteiger partial charge >= 0.3 is 0 Å². The van der Waals surface area contributed by atoms with Gasteiger partial charge in [0.1, 0.15) is 12.2 Å². The van der Waals surface area contributed by atoms with E-state index in [4.69, 9.17) is 11.1 Å². The summed E-state index contributed by atoms with van der Waals surface area (Å²) in [5, 5.41) is 7.41. The summed E-state index contributed by atoms with van der Waals surface area (Å²) < 4.78 is 14.0. The standard InChI is InChI=1S/C13H14FN5/c1-8-11(14)13(18-7-17-8)19(2)10-5-3-4-9(6-10)12(15)16/h3-7H,1-2H3,(H3,15,16). The Bertz CT molecular complexity index is 626. The van der Waals surface area contributed by atoms with Crippen LogP contribution in [0.25, 0.3) is 0 Å². The van der Waals surface area contributed by atoms with Crippen molar-refractivity contribution in [2.45, 2.75) is 6.92 Å². The lowest BCUT2D eigenvalue weighted by molar-refractivity contribution is 0.601. The smallest absolute Gasteiger partial charge is 0.187 e. The molecular weight excluding hydrogens is 245 g/mol. The zero-order valence-corrected chi connectivity index (χ0v) is 10.7. The van der Waals surface area contributed by atoms with Gasteiger partial charge < -0.3 is 10.6 Å². The first-order valence-corrected chi connectivity index (χ1v) is 5.66. The van der Waals surface area contributed by atoms with Gasteiger partial charge in [0.15, 0.2) is 11.6 Å². The molecule has 0 aliphatic heterocycles. The molecule has 0 atom stereocenters. The molecule has 0 aliphatic carbocycles.